The highest BCUT2D eigenvalue weighted by molar-refractivity contribution is 14.1. The maximum atomic E-state index is 10.2. The predicted octanol–water partition coefficient (Wildman–Crippen LogP) is 4.07. The van der Waals surface area contributed by atoms with Crippen molar-refractivity contribution in [3.8, 4) is 5.75 Å². The number of aromatic hydroxyl groups is 1. The van der Waals surface area contributed by atoms with Gasteiger partial charge in [0.25, 0.3) is 0 Å². The van der Waals surface area contributed by atoms with E-state index in [9.17, 15) is 5.11 Å². The van der Waals surface area contributed by atoms with E-state index >= 15 is 0 Å². The summed E-state index contributed by atoms with van der Waals surface area (Å²) in [6.07, 6.45) is 1.11. The van der Waals surface area contributed by atoms with Crippen molar-refractivity contribution in [2.24, 2.45) is 0 Å². The number of benzene rings is 2. The van der Waals surface area contributed by atoms with E-state index in [0.29, 0.717) is 18.3 Å². The number of nitrogens with zero attached hydrogens (tertiary/aromatic N) is 2. The Hall–Kier alpha value is -0.420. The highest BCUT2D eigenvalue weighted by Crippen LogP contribution is 2.27. The second-order valence-corrected chi connectivity index (χ2v) is 9.56. The van der Waals surface area contributed by atoms with Crippen LogP contribution in [0.4, 0.5) is 0 Å². The summed E-state index contributed by atoms with van der Waals surface area (Å²) in [6.45, 7) is 6.10. The molecule has 0 radical (unpaired) electrons. The van der Waals surface area contributed by atoms with Crippen LogP contribution in [0.3, 0.4) is 0 Å². The quantitative estimate of drug-likeness (QED) is 0.377. The molecule has 0 unspecified atom stereocenters. The molecule has 1 heterocycles. The molecule has 0 aromatic heterocycles. The van der Waals surface area contributed by atoms with Crippen LogP contribution in [-0.4, -0.2) is 54.7 Å². The number of phenolic OH excluding ortho intramolecular Hbond substituents is 1. The van der Waals surface area contributed by atoms with Crippen LogP contribution < -0.4 is 5.32 Å². The van der Waals surface area contributed by atoms with Crippen LogP contribution in [0, 0.1) is 7.14 Å². The average molecular weight is 591 g/mol. The Balaban J connectivity index is 1.49. The lowest BCUT2D eigenvalue weighted by Crippen LogP contribution is -2.47. The van der Waals surface area contributed by atoms with Crippen molar-refractivity contribution in [2.75, 3.05) is 39.8 Å². The first-order valence-corrected chi connectivity index (χ1v) is 11.6. The Morgan fingerprint density at radius 1 is 1.15 bits per heavy atom. The third kappa shape index (κ3) is 6.03. The summed E-state index contributed by atoms with van der Waals surface area (Å²) in [7, 11) is 2.21. The second kappa shape index (κ2) is 10.4. The number of halogens is 2. The third-order valence-electron chi connectivity index (χ3n) is 5.10. The molecule has 4 nitrogen and oxygen atoms in total. The van der Waals surface area contributed by atoms with E-state index in [1.165, 1.54) is 5.56 Å². The molecule has 0 bridgehead atoms. The smallest absolute Gasteiger partial charge is 0.133 e. The van der Waals surface area contributed by atoms with Gasteiger partial charge in [-0.05, 0) is 82.9 Å². The van der Waals surface area contributed by atoms with Gasteiger partial charge >= 0.3 is 0 Å². The number of likely N-dealkylation sites (N-methyl/N-ethyl adjacent to an activating group) is 1. The fraction of sp³-hybridized carbons (Fsp3) is 0.429. The lowest BCUT2D eigenvalue weighted by Gasteiger charge is -2.40. The Morgan fingerprint density at radius 3 is 2.70 bits per heavy atom. The molecule has 2 aromatic carbocycles. The molecule has 146 valence electrons. The molecular formula is C21H27I2N3O. The number of piperazine rings is 1. The van der Waals surface area contributed by atoms with E-state index < -0.39 is 0 Å². The van der Waals surface area contributed by atoms with Crippen molar-refractivity contribution in [1.29, 1.82) is 0 Å². The van der Waals surface area contributed by atoms with Crippen LogP contribution in [0.25, 0.3) is 0 Å². The monoisotopic (exact) mass is 591 g/mol. The number of nitrogens with one attached hydrogen (secondary N) is 1. The largest absolute Gasteiger partial charge is 0.507 e. The maximum Gasteiger partial charge on any atom is 0.133 e. The summed E-state index contributed by atoms with van der Waals surface area (Å²) in [5.74, 6) is 0.409. The molecule has 0 amide bonds. The fourth-order valence-electron chi connectivity index (χ4n) is 3.60. The van der Waals surface area contributed by atoms with E-state index in [1.54, 1.807) is 0 Å². The van der Waals surface area contributed by atoms with Gasteiger partial charge in [0, 0.05) is 47.9 Å². The lowest BCUT2D eigenvalue weighted by atomic mass is 10.0. The van der Waals surface area contributed by atoms with Crippen LogP contribution in [0.15, 0.2) is 42.5 Å². The molecule has 2 aromatic rings. The van der Waals surface area contributed by atoms with E-state index in [1.807, 2.05) is 6.07 Å². The summed E-state index contributed by atoms with van der Waals surface area (Å²) in [5, 5.41) is 13.7. The first-order valence-electron chi connectivity index (χ1n) is 9.39. The highest BCUT2D eigenvalue weighted by Gasteiger charge is 2.25. The van der Waals surface area contributed by atoms with Crippen LogP contribution in [0.5, 0.6) is 5.75 Å². The van der Waals surface area contributed by atoms with E-state index in [2.05, 4.69) is 104 Å². The molecule has 0 spiro atoms. The van der Waals surface area contributed by atoms with Gasteiger partial charge in [0.05, 0.1) is 3.57 Å². The number of hydrogen-bond acceptors (Lipinski definition) is 4. The molecular weight excluding hydrogens is 564 g/mol. The zero-order valence-corrected chi connectivity index (χ0v) is 20.0. The molecule has 6 heteroatoms. The molecule has 1 fully saturated rings. The minimum Gasteiger partial charge on any atom is -0.507 e. The SMILES string of the molecule is CN1CCN(CCCNCc2cc(I)cc(I)c2O)[C@@H](c2ccccc2)C1. The molecule has 3 rings (SSSR count). The Kier molecular flexibility index (Phi) is 8.19. The van der Waals surface area contributed by atoms with Crippen LogP contribution >= 0.6 is 45.2 Å². The first-order chi connectivity index (χ1) is 13.0. The fourth-order valence-corrected chi connectivity index (χ4v) is 5.57. The number of hydrogen-bond donors (Lipinski definition) is 2. The summed E-state index contributed by atoms with van der Waals surface area (Å²) < 4.78 is 2.08. The van der Waals surface area contributed by atoms with Gasteiger partial charge in [-0.3, -0.25) is 4.90 Å². The third-order valence-corrected chi connectivity index (χ3v) is 6.55. The van der Waals surface area contributed by atoms with Crippen molar-refractivity contribution in [3.05, 3.63) is 60.7 Å². The zero-order valence-electron chi connectivity index (χ0n) is 15.7. The summed E-state index contributed by atoms with van der Waals surface area (Å²) in [6, 6.07) is 15.4. The van der Waals surface area contributed by atoms with Crippen molar-refractivity contribution in [3.63, 3.8) is 0 Å². The zero-order chi connectivity index (χ0) is 19.2. The Labute approximate surface area is 189 Å². The molecule has 27 heavy (non-hydrogen) atoms. The molecule has 1 atom stereocenters. The minimum atomic E-state index is 0.409. The molecule has 1 saturated heterocycles. The second-order valence-electron chi connectivity index (χ2n) is 7.15. The van der Waals surface area contributed by atoms with Gasteiger partial charge in [-0.1, -0.05) is 30.3 Å². The predicted molar refractivity (Wildman–Crippen MR) is 128 cm³/mol. The van der Waals surface area contributed by atoms with E-state index in [4.69, 9.17) is 0 Å². The standard InChI is InChI=1S/C21H27I2N3O/c1-25-10-11-26(20(15-25)16-6-3-2-4-7-16)9-5-8-24-14-17-12-18(22)13-19(23)21(17)27/h2-4,6-7,12-13,20,24,27H,5,8-11,14-15H2,1H3/t20-/m1/s1. The summed E-state index contributed by atoms with van der Waals surface area (Å²) >= 11 is 4.49. The van der Waals surface area contributed by atoms with Crippen molar-refractivity contribution < 1.29 is 5.11 Å². The van der Waals surface area contributed by atoms with Crippen molar-refractivity contribution in [1.82, 2.24) is 15.1 Å². The van der Waals surface area contributed by atoms with Crippen LogP contribution in [0.2, 0.25) is 0 Å². The average Bonchev–Trinajstić information content (AvgIpc) is 2.66. The first kappa shape index (κ1) is 21.3. The topological polar surface area (TPSA) is 38.7 Å². The van der Waals surface area contributed by atoms with Gasteiger partial charge in [0.15, 0.2) is 0 Å². The summed E-state index contributed by atoms with van der Waals surface area (Å²) in [5.41, 5.74) is 2.39. The molecule has 0 saturated carbocycles. The molecule has 2 N–H and O–H groups in total. The maximum absolute atomic E-state index is 10.2. The Bertz CT molecular complexity index is 742. The van der Waals surface area contributed by atoms with Crippen molar-refractivity contribution in [2.45, 2.75) is 19.0 Å². The van der Waals surface area contributed by atoms with Crippen LogP contribution in [0.1, 0.15) is 23.6 Å². The van der Waals surface area contributed by atoms with Gasteiger partial charge in [-0.15, -0.1) is 0 Å². The highest BCUT2D eigenvalue weighted by atomic mass is 127. The lowest BCUT2D eigenvalue weighted by molar-refractivity contribution is 0.0888. The van der Waals surface area contributed by atoms with Gasteiger partial charge in [-0.2, -0.15) is 0 Å². The molecule has 1 aliphatic heterocycles. The van der Waals surface area contributed by atoms with Gasteiger partial charge < -0.3 is 15.3 Å². The van der Waals surface area contributed by atoms with Crippen LogP contribution in [-0.2, 0) is 6.54 Å². The van der Waals surface area contributed by atoms with Gasteiger partial charge in [0.1, 0.15) is 5.75 Å². The molecule has 1 aliphatic rings. The van der Waals surface area contributed by atoms with E-state index in [0.717, 1.165) is 51.8 Å². The number of rotatable bonds is 7. The Morgan fingerprint density at radius 2 is 1.93 bits per heavy atom. The normalized spacial score (nSPS) is 18.7. The molecule has 0 aliphatic carbocycles. The number of phenols is 1. The van der Waals surface area contributed by atoms with Gasteiger partial charge in [0.2, 0.25) is 0 Å². The van der Waals surface area contributed by atoms with Crippen molar-refractivity contribution >= 4 is 45.2 Å². The van der Waals surface area contributed by atoms with E-state index in [-0.39, 0.29) is 0 Å². The summed E-state index contributed by atoms with van der Waals surface area (Å²) in [4.78, 5) is 5.04. The minimum absolute atomic E-state index is 0.409. The van der Waals surface area contributed by atoms with Gasteiger partial charge in [-0.25, -0.2) is 0 Å².